The van der Waals surface area contributed by atoms with Crippen molar-refractivity contribution in [3.8, 4) is 6.07 Å². The molecule has 3 N–H and O–H groups in total. The van der Waals surface area contributed by atoms with Crippen molar-refractivity contribution in [2.24, 2.45) is 0 Å². The van der Waals surface area contributed by atoms with Crippen LogP contribution in [0.1, 0.15) is 17.0 Å². The highest BCUT2D eigenvalue weighted by Gasteiger charge is 2.09. The minimum atomic E-state index is 0.155. The van der Waals surface area contributed by atoms with E-state index in [1.807, 2.05) is 31.3 Å². The van der Waals surface area contributed by atoms with E-state index in [2.05, 4.69) is 43.4 Å². The molecule has 0 saturated carbocycles. The minimum absolute atomic E-state index is 0.155. The fraction of sp³-hybridized carbons (Fsp3) is 0.158. The van der Waals surface area contributed by atoms with Crippen molar-refractivity contribution in [3.05, 3.63) is 71.5 Å². The van der Waals surface area contributed by atoms with Crippen molar-refractivity contribution in [3.63, 3.8) is 0 Å². The fourth-order valence-electron chi connectivity index (χ4n) is 2.55. The second-order valence-electron chi connectivity index (χ2n) is 5.91. The normalized spacial score (nSPS) is 10.5. The number of hydrogen-bond acceptors (Lipinski definition) is 7. The predicted molar refractivity (Wildman–Crippen MR) is 100 cm³/mol. The molecule has 0 aliphatic carbocycles. The molecule has 0 spiro atoms. The van der Waals surface area contributed by atoms with Crippen LogP contribution in [-0.4, -0.2) is 26.9 Å². The molecule has 1 aromatic heterocycles. The van der Waals surface area contributed by atoms with E-state index in [4.69, 9.17) is 11.0 Å². The summed E-state index contributed by atoms with van der Waals surface area (Å²) in [6.07, 6.45) is 0. The van der Waals surface area contributed by atoms with E-state index in [-0.39, 0.29) is 5.95 Å². The van der Waals surface area contributed by atoms with Crippen LogP contribution < -0.4 is 11.1 Å². The van der Waals surface area contributed by atoms with Gasteiger partial charge in [0.1, 0.15) is 5.82 Å². The molecule has 0 atom stereocenters. The Hall–Kier alpha value is -3.50. The van der Waals surface area contributed by atoms with Crippen LogP contribution in [0.4, 0.5) is 17.6 Å². The standard InChI is InChI=1S/C19H19N7/c1-26(12-14-6-3-2-4-7-14)13-17-23-18(21)25-19(24-17)22-16-9-5-8-15(10-16)11-20/h2-10H,12-13H2,1H3,(H3,21,22,23,24,25). The van der Waals surface area contributed by atoms with Crippen LogP contribution in [0.2, 0.25) is 0 Å². The molecule has 3 rings (SSSR count). The van der Waals surface area contributed by atoms with Crippen LogP contribution >= 0.6 is 0 Å². The number of rotatable bonds is 6. The molecule has 0 amide bonds. The average molecular weight is 345 g/mol. The quantitative estimate of drug-likeness (QED) is 0.708. The molecule has 0 radical (unpaired) electrons. The lowest BCUT2D eigenvalue weighted by Crippen LogP contribution is -2.20. The number of nitrogens with one attached hydrogen (secondary N) is 1. The molecule has 0 fully saturated rings. The topological polar surface area (TPSA) is 104 Å². The van der Waals surface area contributed by atoms with Gasteiger partial charge in [-0.3, -0.25) is 4.90 Å². The maximum Gasteiger partial charge on any atom is 0.232 e. The Morgan fingerprint density at radius 2 is 1.85 bits per heavy atom. The lowest BCUT2D eigenvalue weighted by atomic mass is 10.2. The van der Waals surface area contributed by atoms with Crippen LogP contribution in [0.5, 0.6) is 0 Å². The van der Waals surface area contributed by atoms with E-state index in [9.17, 15) is 0 Å². The maximum absolute atomic E-state index is 8.99. The third-order valence-electron chi connectivity index (χ3n) is 3.65. The average Bonchev–Trinajstić information content (AvgIpc) is 2.62. The zero-order valence-corrected chi connectivity index (χ0v) is 14.4. The van der Waals surface area contributed by atoms with Crippen molar-refractivity contribution in [2.75, 3.05) is 18.1 Å². The molecule has 7 nitrogen and oxygen atoms in total. The van der Waals surface area contributed by atoms with Crippen molar-refractivity contribution < 1.29 is 0 Å². The summed E-state index contributed by atoms with van der Waals surface area (Å²) in [4.78, 5) is 14.9. The van der Waals surface area contributed by atoms with Crippen molar-refractivity contribution in [1.82, 2.24) is 19.9 Å². The summed E-state index contributed by atoms with van der Waals surface area (Å²) in [7, 11) is 2.00. The molecular weight excluding hydrogens is 326 g/mol. The van der Waals surface area contributed by atoms with E-state index >= 15 is 0 Å². The fourth-order valence-corrected chi connectivity index (χ4v) is 2.55. The van der Waals surface area contributed by atoms with Gasteiger partial charge >= 0.3 is 0 Å². The Labute approximate surface area is 152 Å². The highest BCUT2D eigenvalue weighted by atomic mass is 15.2. The third kappa shape index (κ3) is 4.75. The highest BCUT2D eigenvalue weighted by molar-refractivity contribution is 5.56. The molecule has 2 aromatic carbocycles. The number of aromatic nitrogens is 3. The van der Waals surface area contributed by atoms with Crippen LogP contribution in [0, 0.1) is 11.3 Å². The van der Waals surface area contributed by atoms with E-state index in [1.54, 1.807) is 18.2 Å². The highest BCUT2D eigenvalue weighted by Crippen LogP contribution is 2.15. The predicted octanol–water partition coefficient (Wildman–Crippen LogP) is 2.70. The summed E-state index contributed by atoms with van der Waals surface area (Å²) >= 11 is 0. The number of nitrogen functional groups attached to an aromatic ring is 1. The lowest BCUT2D eigenvalue weighted by molar-refractivity contribution is 0.310. The first-order chi connectivity index (χ1) is 12.6. The van der Waals surface area contributed by atoms with Gasteiger partial charge in [0, 0.05) is 12.2 Å². The monoisotopic (exact) mass is 345 g/mol. The lowest BCUT2D eigenvalue weighted by Gasteiger charge is -2.16. The molecule has 26 heavy (non-hydrogen) atoms. The molecule has 7 heteroatoms. The Morgan fingerprint density at radius 1 is 1.04 bits per heavy atom. The summed E-state index contributed by atoms with van der Waals surface area (Å²) in [6, 6.07) is 19.4. The molecule has 0 aliphatic heterocycles. The number of hydrogen-bond donors (Lipinski definition) is 2. The molecule has 130 valence electrons. The molecule has 3 aromatic rings. The van der Waals surface area contributed by atoms with Crippen LogP contribution in [0.25, 0.3) is 0 Å². The molecular formula is C19H19N7. The smallest absolute Gasteiger partial charge is 0.232 e. The Bertz CT molecular complexity index is 919. The number of anilines is 3. The van der Waals surface area contributed by atoms with Gasteiger partial charge in [-0.05, 0) is 30.8 Å². The zero-order valence-electron chi connectivity index (χ0n) is 14.4. The first-order valence-corrected chi connectivity index (χ1v) is 8.12. The molecule has 0 bridgehead atoms. The van der Waals surface area contributed by atoms with E-state index in [0.29, 0.717) is 23.9 Å². The van der Waals surface area contributed by atoms with E-state index in [1.165, 1.54) is 5.56 Å². The Balaban J connectivity index is 1.72. The van der Waals surface area contributed by atoms with Crippen LogP contribution in [0.3, 0.4) is 0 Å². The summed E-state index contributed by atoms with van der Waals surface area (Å²) in [5, 5.41) is 12.1. The van der Waals surface area contributed by atoms with Crippen molar-refractivity contribution >= 4 is 17.6 Å². The van der Waals surface area contributed by atoms with Crippen molar-refractivity contribution in [2.45, 2.75) is 13.1 Å². The maximum atomic E-state index is 8.99. The summed E-state index contributed by atoms with van der Waals surface area (Å²) in [5.74, 6) is 1.09. The van der Waals surface area contributed by atoms with Gasteiger partial charge in [-0.15, -0.1) is 0 Å². The van der Waals surface area contributed by atoms with Gasteiger partial charge < -0.3 is 11.1 Å². The number of nitrogens with zero attached hydrogens (tertiary/aromatic N) is 5. The van der Waals surface area contributed by atoms with Crippen molar-refractivity contribution in [1.29, 1.82) is 5.26 Å². The van der Waals surface area contributed by atoms with Gasteiger partial charge in [-0.1, -0.05) is 36.4 Å². The van der Waals surface area contributed by atoms with Gasteiger partial charge in [-0.2, -0.15) is 20.2 Å². The number of nitriles is 1. The second kappa shape index (κ2) is 8.05. The SMILES string of the molecule is CN(Cc1ccccc1)Cc1nc(N)nc(Nc2cccc(C#N)c2)n1. The van der Waals surface area contributed by atoms with Crippen LogP contribution in [0.15, 0.2) is 54.6 Å². The first-order valence-electron chi connectivity index (χ1n) is 8.12. The zero-order chi connectivity index (χ0) is 18.4. The van der Waals surface area contributed by atoms with E-state index in [0.717, 1.165) is 12.2 Å². The molecule has 0 unspecified atom stereocenters. The largest absolute Gasteiger partial charge is 0.368 e. The number of nitrogens with two attached hydrogens (primary N) is 1. The van der Waals surface area contributed by atoms with Gasteiger partial charge in [0.15, 0.2) is 0 Å². The molecule has 0 saturated heterocycles. The van der Waals surface area contributed by atoms with Gasteiger partial charge in [-0.25, -0.2) is 0 Å². The Kier molecular flexibility index (Phi) is 5.37. The van der Waals surface area contributed by atoms with Gasteiger partial charge in [0.05, 0.1) is 18.2 Å². The van der Waals surface area contributed by atoms with Crippen LogP contribution in [-0.2, 0) is 13.1 Å². The summed E-state index contributed by atoms with van der Waals surface area (Å²) in [6.45, 7) is 1.31. The summed E-state index contributed by atoms with van der Waals surface area (Å²) < 4.78 is 0. The summed E-state index contributed by atoms with van der Waals surface area (Å²) in [5.41, 5.74) is 8.31. The Morgan fingerprint density at radius 3 is 2.62 bits per heavy atom. The number of benzene rings is 2. The minimum Gasteiger partial charge on any atom is -0.368 e. The van der Waals surface area contributed by atoms with E-state index < -0.39 is 0 Å². The van der Waals surface area contributed by atoms with Gasteiger partial charge in [0.25, 0.3) is 0 Å². The molecule has 0 aliphatic rings. The third-order valence-corrected chi connectivity index (χ3v) is 3.65. The molecule has 1 heterocycles. The second-order valence-corrected chi connectivity index (χ2v) is 5.91. The van der Waals surface area contributed by atoms with Gasteiger partial charge in [0.2, 0.25) is 11.9 Å². The first kappa shape index (κ1) is 17.3.